The van der Waals surface area contributed by atoms with Gasteiger partial charge in [0, 0.05) is 37.6 Å². The van der Waals surface area contributed by atoms with E-state index in [1.54, 1.807) is 0 Å². The lowest BCUT2D eigenvalue weighted by atomic mass is 10.2. The molecule has 0 spiro atoms. The Balaban J connectivity index is 1.31. The minimum atomic E-state index is 0.102. The highest BCUT2D eigenvalue weighted by atomic mass is 32.1. The third kappa shape index (κ3) is 3.53. The molecule has 1 aliphatic heterocycles. The molecule has 4 aromatic rings. The zero-order valence-electron chi connectivity index (χ0n) is 17.0. The number of fused-ring (bicyclic) bond motifs is 1. The Bertz CT molecular complexity index is 1190. The van der Waals surface area contributed by atoms with E-state index in [1.807, 2.05) is 65.9 Å². The third-order valence-corrected chi connectivity index (χ3v) is 6.57. The van der Waals surface area contributed by atoms with Crippen LogP contribution in [-0.2, 0) is 6.54 Å². The van der Waals surface area contributed by atoms with E-state index in [-0.39, 0.29) is 5.91 Å². The monoisotopic (exact) mass is 421 g/mol. The molecule has 30 heavy (non-hydrogen) atoms. The standard InChI is InChI=1S/C22H23N5O2S/c1-15-12-18(29-24-15)14-25-8-10-26(11-9-25)21(28)20-13-19-16(2)23-27(22(19)30-20)17-6-4-3-5-7-17/h3-7,12-13H,8-11,14H2,1-2H3. The number of nitrogens with zero attached hydrogens (tertiary/aromatic N) is 5. The van der Waals surface area contributed by atoms with Crippen LogP contribution in [0.5, 0.6) is 0 Å². The van der Waals surface area contributed by atoms with E-state index in [0.717, 1.165) is 57.6 Å². The number of hydrogen-bond donors (Lipinski definition) is 0. The molecule has 1 aromatic carbocycles. The van der Waals surface area contributed by atoms with Crippen molar-refractivity contribution >= 4 is 27.5 Å². The summed E-state index contributed by atoms with van der Waals surface area (Å²) in [5.74, 6) is 0.975. The van der Waals surface area contributed by atoms with Gasteiger partial charge in [-0.15, -0.1) is 11.3 Å². The molecule has 0 N–H and O–H groups in total. The van der Waals surface area contributed by atoms with Gasteiger partial charge in [0.15, 0.2) is 5.76 Å². The molecule has 1 fully saturated rings. The largest absolute Gasteiger partial charge is 0.360 e. The summed E-state index contributed by atoms with van der Waals surface area (Å²) in [5.41, 5.74) is 2.84. The fraction of sp³-hybridized carbons (Fsp3) is 0.318. The quantitative estimate of drug-likeness (QED) is 0.503. The van der Waals surface area contributed by atoms with Crippen LogP contribution in [0.3, 0.4) is 0 Å². The van der Waals surface area contributed by atoms with E-state index in [1.165, 1.54) is 11.3 Å². The molecule has 4 heterocycles. The van der Waals surface area contributed by atoms with Crippen molar-refractivity contribution in [2.75, 3.05) is 26.2 Å². The lowest BCUT2D eigenvalue weighted by Gasteiger charge is -2.33. The number of rotatable bonds is 4. The molecular formula is C22H23N5O2S. The fourth-order valence-electron chi connectivity index (χ4n) is 3.87. The molecule has 0 saturated carbocycles. The number of benzene rings is 1. The molecule has 1 aliphatic rings. The SMILES string of the molecule is Cc1cc(CN2CCN(C(=O)c3cc4c(C)nn(-c5ccccc5)c4s3)CC2)on1. The van der Waals surface area contributed by atoms with Crippen LogP contribution in [0.2, 0.25) is 0 Å². The third-order valence-electron chi connectivity index (χ3n) is 5.47. The summed E-state index contributed by atoms with van der Waals surface area (Å²) in [5, 5.41) is 9.66. The number of carbonyl (C=O) groups is 1. The van der Waals surface area contributed by atoms with Crippen molar-refractivity contribution in [3.05, 3.63) is 64.5 Å². The topological polar surface area (TPSA) is 67.4 Å². The maximum Gasteiger partial charge on any atom is 0.264 e. The molecule has 5 rings (SSSR count). The highest BCUT2D eigenvalue weighted by Crippen LogP contribution is 2.31. The zero-order chi connectivity index (χ0) is 20.7. The zero-order valence-corrected chi connectivity index (χ0v) is 17.9. The van der Waals surface area contributed by atoms with Gasteiger partial charge in [0.2, 0.25) is 0 Å². The molecule has 3 aromatic heterocycles. The van der Waals surface area contributed by atoms with E-state index >= 15 is 0 Å². The fourth-order valence-corrected chi connectivity index (χ4v) is 5.02. The summed E-state index contributed by atoms with van der Waals surface area (Å²) >= 11 is 1.52. The van der Waals surface area contributed by atoms with Gasteiger partial charge in [-0.05, 0) is 32.0 Å². The van der Waals surface area contributed by atoms with Crippen LogP contribution in [0.15, 0.2) is 47.0 Å². The lowest BCUT2D eigenvalue weighted by molar-refractivity contribution is 0.0622. The lowest BCUT2D eigenvalue weighted by Crippen LogP contribution is -2.48. The van der Waals surface area contributed by atoms with Crippen LogP contribution >= 0.6 is 11.3 Å². The number of hydrogen-bond acceptors (Lipinski definition) is 6. The Morgan fingerprint density at radius 2 is 1.87 bits per heavy atom. The number of aryl methyl sites for hydroxylation is 2. The molecule has 8 heteroatoms. The number of aromatic nitrogens is 3. The Hall–Kier alpha value is -2.97. The van der Waals surface area contributed by atoms with E-state index < -0.39 is 0 Å². The van der Waals surface area contributed by atoms with Gasteiger partial charge in [0.1, 0.15) is 4.83 Å². The molecule has 7 nitrogen and oxygen atoms in total. The first kappa shape index (κ1) is 19.0. The second-order valence-electron chi connectivity index (χ2n) is 7.67. The Labute approximate surface area is 178 Å². The van der Waals surface area contributed by atoms with Gasteiger partial charge in [0.05, 0.1) is 28.5 Å². The van der Waals surface area contributed by atoms with Crippen LogP contribution < -0.4 is 0 Å². The van der Waals surface area contributed by atoms with E-state index in [2.05, 4.69) is 15.2 Å². The second-order valence-corrected chi connectivity index (χ2v) is 8.70. The number of piperazine rings is 1. The predicted octanol–water partition coefficient (Wildman–Crippen LogP) is 3.65. The first-order chi connectivity index (χ1) is 14.6. The van der Waals surface area contributed by atoms with Gasteiger partial charge in [0.25, 0.3) is 5.91 Å². The van der Waals surface area contributed by atoms with Crippen LogP contribution in [-0.4, -0.2) is 56.8 Å². The van der Waals surface area contributed by atoms with Gasteiger partial charge in [-0.1, -0.05) is 23.4 Å². The van der Waals surface area contributed by atoms with Gasteiger partial charge < -0.3 is 9.42 Å². The predicted molar refractivity (Wildman–Crippen MR) is 116 cm³/mol. The number of carbonyl (C=O) groups excluding carboxylic acids is 1. The van der Waals surface area contributed by atoms with Gasteiger partial charge in [-0.3, -0.25) is 9.69 Å². The van der Waals surface area contributed by atoms with Crippen LogP contribution in [0.4, 0.5) is 0 Å². The molecule has 154 valence electrons. The summed E-state index contributed by atoms with van der Waals surface area (Å²) in [7, 11) is 0. The number of thiophene rings is 1. The highest BCUT2D eigenvalue weighted by Gasteiger charge is 2.25. The van der Waals surface area contributed by atoms with Crippen molar-refractivity contribution in [3.63, 3.8) is 0 Å². The second kappa shape index (κ2) is 7.70. The van der Waals surface area contributed by atoms with Crippen LogP contribution in [0.25, 0.3) is 15.9 Å². The number of amides is 1. The van der Waals surface area contributed by atoms with Gasteiger partial charge in [-0.25, -0.2) is 4.68 Å². The normalized spacial score (nSPS) is 15.2. The van der Waals surface area contributed by atoms with Crippen molar-refractivity contribution in [2.45, 2.75) is 20.4 Å². The van der Waals surface area contributed by atoms with Crippen molar-refractivity contribution in [1.82, 2.24) is 24.7 Å². The highest BCUT2D eigenvalue weighted by molar-refractivity contribution is 7.20. The molecule has 0 radical (unpaired) electrons. The van der Waals surface area contributed by atoms with Gasteiger partial charge >= 0.3 is 0 Å². The molecule has 1 saturated heterocycles. The molecular weight excluding hydrogens is 398 g/mol. The van der Waals surface area contributed by atoms with Crippen molar-refractivity contribution in [2.24, 2.45) is 0 Å². The summed E-state index contributed by atoms with van der Waals surface area (Å²) in [6.45, 7) is 7.73. The van der Waals surface area contributed by atoms with Crippen molar-refractivity contribution < 1.29 is 9.32 Å². The molecule has 1 amide bonds. The molecule has 0 aliphatic carbocycles. The average Bonchev–Trinajstić information content (AvgIpc) is 3.45. The molecule has 0 unspecified atom stereocenters. The summed E-state index contributed by atoms with van der Waals surface area (Å²) < 4.78 is 7.25. The Morgan fingerprint density at radius 1 is 1.10 bits per heavy atom. The first-order valence-corrected chi connectivity index (χ1v) is 10.9. The first-order valence-electron chi connectivity index (χ1n) is 10.1. The minimum absolute atomic E-state index is 0.102. The average molecular weight is 422 g/mol. The van der Waals surface area contributed by atoms with Crippen LogP contribution in [0.1, 0.15) is 26.8 Å². The molecule has 0 bridgehead atoms. The number of para-hydroxylation sites is 1. The van der Waals surface area contributed by atoms with E-state index in [4.69, 9.17) is 4.52 Å². The summed E-state index contributed by atoms with van der Waals surface area (Å²) in [4.78, 5) is 19.2. The van der Waals surface area contributed by atoms with Crippen molar-refractivity contribution in [1.29, 1.82) is 0 Å². The maximum absolute atomic E-state index is 13.2. The van der Waals surface area contributed by atoms with Crippen molar-refractivity contribution in [3.8, 4) is 5.69 Å². The molecule has 0 atom stereocenters. The Morgan fingerprint density at radius 3 is 2.57 bits per heavy atom. The minimum Gasteiger partial charge on any atom is -0.360 e. The smallest absolute Gasteiger partial charge is 0.264 e. The maximum atomic E-state index is 13.2. The summed E-state index contributed by atoms with van der Waals surface area (Å²) in [6, 6.07) is 14.0. The van der Waals surface area contributed by atoms with Crippen LogP contribution in [0, 0.1) is 13.8 Å². The Kier molecular flexibility index (Phi) is 4.88. The van der Waals surface area contributed by atoms with Gasteiger partial charge in [-0.2, -0.15) is 5.10 Å². The summed E-state index contributed by atoms with van der Waals surface area (Å²) in [6.07, 6.45) is 0. The van der Waals surface area contributed by atoms with E-state index in [9.17, 15) is 4.79 Å². The van der Waals surface area contributed by atoms with E-state index in [0.29, 0.717) is 13.1 Å².